The fourth-order valence-corrected chi connectivity index (χ4v) is 2.65. The lowest BCUT2D eigenvalue weighted by molar-refractivity contribution is -0.183. The second kappa shape index (κ2) is 6.69. The lowest BCUT2D eigenvalue weighted by Crippen LogP contribution is -2.39. The number of aliphatic hydroxyl groups is 1. The molecule has 17 heavy (non-hydrogen) atoms. The Morgan fingerprint density at radius 2 is 1.88 bits per heavy atom. The van der Waals surface area contributed by atoms with E-state index < -0.39 is 0 Å². The zero-order valence-corrected chi connectivity index (χ0v) is 10.8. The molecule has 2 rings (SSSR count). The Morgan fingerprint density at radius 3 is 2.47 bits per heavy atom. The van der Waals surface area contributed by atoms with E-state index in [1.165, 1.54) is 0 Å². The lowest BCUT2D eigenvalue weighted by Gasteiger charge is -2.34. The topological polar surface area (TPSA) is 41.9 Å². The van der Waals surface area contributed by atoms with Crippen LogP contribution >= 0.6 is 0 Å². The molecule has 4 heteroatoms. The minimum absolute atomic E-state index is 0.0123. The normalized spacial score (nSPS) is 27.2. The van der Waals surface area contributed by atoms with Crippen molar-refractivity contribution in [2.75, 3.05) is 32.8 Å². The van der Waals surface area contributed by atoms with Crippen molar-refractivity contribution in [3.8, 4) is 0 Å². The zero-order valence-electron chi connectivity index (χ0n) is 10.8. The van der Waals surface area contributed by atoms with Gasteiger partial charge in [-0.1, -0.05) is 0 Å². The summed E-state index contributed by atoms with van der Waals surface area (Å²) in [6.07, 6.45) is 4.09. The minimum Gasteiger partial charge on any atom is -0.393 e. The molecule has 0 aliphatic carbocycles. The van der Waals surface area contributed by atoms with Crippen LogP contribution in [0, 0.1) is 5.92 Å². The molecule has 2 saturated heterocycles. The molecule has 4 nitrogen and oxygen atoms in total. The number of aliphatic hydroxyl groups excluding tert-OH is 1. The van der Waals surface area contributed by atoms with Gasteiger partial charge in [-0.25, -0.2) is 0 Å². The van der Waals surface area contributed by atoms with Crippen molar-refractivity contribution >= 4 is 0 Å². The smallest absolute Gasteiger partial charge is 0.158 e. The molecule has 0 aromatic heterocycles. The summed E-state index contributed by atoms with van der Waals surface area (Å²) in [6, 6.07) is 0. The third kappa shape index (κ3) is 4.21. The van der Waals surface area contributed by atoms with Crippen molar-refractivity contribution in [1.29, 1.82) is 0 Å². The molecule has 1 atom stereocenters. The largest absolute Gasteiger partial charge is 0.393 e. The summed E-state index contributed by atoms with van der Waals surface area (Å²) in [5.74, 6) is 0.494. The molecule has 2 heterocycles. The molecule has 0 radical (unpaired) electrons. The molecule has 0 bridgehead atoms. The van der Waals surface area contributed by atoms with E-state index in [0.29, 0.717) is 5.92 Å². The van der Waals surface area contributed by atoms with E-state index in [1.807, 2.05) is 6.92 Å². The van der Waals surface area contributed by atoms with Gasteiger partial charge in [0, 0.05) is 13.0 Å². The summed E-state index contributed by atoms with van der Waals surface area (Å²) in [4.78, 5) is 2.46. The number of hydrogen-bond acceptors (Lipinski definition) is 4. The monoisotopic (exact) mass is 243 g/mol. The van der Waals surface area contributed by atoms with Gasteiger partial charge in [0.1, 0.15) is 0 Å². The van der Waals surface area contributed by atoms with Gasteiger partial charge in [0.2, 0.25) is 0 Å². The number of nitrogens with zero attached hydrogens (tertiary/aromatic N) is 1. The van der Waals surface area contributed by atoms with Gasteiger partial charge in [-0.15, -0.1) is 0 Å². The standard InChI is InChI=1S/C13H25NO3/c1-11(15)12-3-6-14(7-4-12)8-5-13-16-9-2-10-17-13/h11-13,15H,2-10H2,1H3. The molecule has 2 aliphatic heterocycles. The minimum atomic E-state index is -0.151. The molecular formula is C13H25NO3. The molecule has 1 unspecified atom stereocenters. The predicted molar refractivity (Wildman–Crippen MR) is 65.8 cm³/mol. The third-order valence-corrected chi connectivity index (χ3v) is 3.89. The van der Waals surface area contributed by atoms with E-state index in [9.17, 15) is 5.11 Å². The number of piperidine rings is 1. The van der Waals surface area contributed by atoms with Crippen LogP contribution in [0.15, 0.2) is 0 Å². The van der Waals surface area contributed by atoms with E-state index in [0.717, 1.165) is 58.5 Å². The van der Waals surface area contributed by atoms with Crippen LogP contribution in [0.3, 0.4) is 0 Å². The number of hydrogen-bond donors (Lipinski definition) is 1. The van der Waals surface area contributed by atoms with Crippen LogP contribution in [0.5, 0.6) is 0 Å². The molecule has 2 fully saturated rings. The predicted octanol–water partition coefficient (Wildman–Crippen LogP) is 1.23. The molecule has 0 aromatic rings. The van der Waals surface area contributed by atoms with Crippen LogP contribution in [-0.2, 0) is 9.47 Å². The van der Waals surface area contributed by atoms with Crippen LogP contribution in [0.1, 0.15) is 32.6 Å². The van der Waals surface area contributed by atoms with Gasteiger partial charge in [-0.2, -0.15) is 0 Å². The number of ether oxygens (including phenoxy) is 2. The summed E-state index contributed by atoms with van der Waals surface area (Å²) < 4.78 is 11.1. The molecular weight excluding hydrogens is 218 g/mol. The Morgan fingerprint density at radius 1 is 1.24 bits per heavy atom. The van der Waals surface area contributed by atoms with Crippen molar-refractivity contribution in [2.24, 2.45) is 5.92 Å². The highest BCUT2D eigenvalue weighted by Crippen LogP contribution is 2.21. The Labute approximate surface area is 104 Å². The first-order chi connectivity index (χ1) is 8.25. The highest BCUT2D eigenvalue weighted by atomic mass is 16.7. The van der Waals surface area contributed by atoms with E-state index in [4.69, 9.17) is 9.47 Å². The lowest BCUT2D eigenvalue weighted by atomic mass is 9.92. The zero-order chi connectivity index (χ0) is 12.1. The second-order valence-corrected chi connectivity index (χ2v) is 5.23. The van der Waals surface area contributed by atoms with Gasteiger partial charge in [0.05, 0.1) is 19.3 Å². The highest BCUT2D eigenvalue weighted by Gasteiger charge is 2.23. The molecule has 2 aliphatic rings. The van der Waals surface area contributed by atoms with Gasteiger partial charge in [-0.05, 0) is 45.2 Å². The molecule has 0 saturated carbocycles. The molecule has 1 N–H and O–H groups in total. The van der Waals surface area contributed by atoms with Crippen molar-refractivity contribution in [1.82, 2.24) is 4.90 Å². The number of rotatable bonds is 4. The van der Waals surface area contributed by atoms with E-state index in [2.05, 4.69) is 4.90 Å². The van der Waals surface area contributed by atoms with Gasteiger partial charge >= 0.3 is 0 Å². The summed E-state index contributed by atoms with van der Waals surface area (Å²) in [5.41, 5.74) is 0. The van der Waals surface area contributed by atoms with Gasteiger partial charge in [-0.3, -0.25) is 0 Å². The van der Waals surface area contributed by atoms with Crippen LogP contribution in [0.25, 0.3) is 0 Å². The summed E-state index contributed by atoms with van der Waals surface area (Å²) >= 11 is 0. The van der Waals surface area contributed by atoms with E-state index >= 15 is 0 Å². The first-order valence-electron chi connectivity index (χ1n) is 6.89. The van der Waals surface area contributed by atoms with Crippen LogP contribution in [0.2, 0.25) is 0 Å². The summed E-state index contributed by atoms with van der Waals surface area (Å²) in [5, 5.41) is 9.54. The molecule has 0 spiro atoms. The van der Waals surface area contributed by atoms with Crippen LogP contribution in [-0.4, -0.2) is 55.2 Å². The average Bonchev–Trinajstić information content (AvgIpc) is 2.38. The second-order valence-electron chi connectivity index (χ2n) is 5.23. The molecule has 100 valence electrons. The Balaban J connectivity index is 1.61. The third-order valence-electron chi connectivity index (χ3n) is 3.89. The van der Waals surface area contributed by atoms with Gasteiger partial charge < -0.3 is 19.5 Å². The Bertz CT molecular complexity index is 209. The van der Waals surface area contributed by atoms with E-state index in [-0.39, 0.29) is 12.4 Å². The van der Waals surface area contributed by atoms with Crippen molar-refractivity contribution < 1.29 is 14.6 Å². The highest BCUT2D eigenvalue weighted by molar-refractivity contribution is 4.75. The van der Waals surface area contributed by atoms with Crippen molar-refractivity contribution in [3.05, 3.63) is 0 Å². The first kappa shape index (κ1) is 13.3. The quantitative estimate of drug-likeness (QED) is 0.806. The van der Waals surface area contributed by atoms with Crippen molar-refractivity contribution in [3.63, 3.8) is 0 Å². The maximum absolute atomic E-state index is 9.54. The molecule has 0 amide bonds. The Kier molecular flexibility index (Phi) is 5.22. The molecule has 0 aromatic carbocycles. The van der Waals surface area contributed by atoms with Crippen LogP contribution < -0.4 is 0 Å². The van der Waals surface area contributed by atoms with Gasteiger partial charge in [0.25, 0.3) is 0 Å². The maximum Gasteiger partial charge on any atom is 0.158 e. The maximum atomic E-state index is 9.54. The van der Waals surface area contributed by atoms with Crippen LogP contribution in [0.4, 0.5) is 0 Å². The SMILES string of the molecule is CC(O)C1CCN(CCC2OCCCO2)CC1. The summed E-state index contributed by atoms with van der Waals surface area (Å²) in [6.45, 7) is 6.84. The van der Waals surface area contributed by atoms with Crippen molar-refractivity contribution in [2.45, 2.75) is 45.0 Å². The first-order valence-corrected chi connectivity index (χ1v) is 6.89. The number of likely N-dealkylation sites (tertiary alicyclic amines) is 1. The van der Waals surface area contributed by atoms with Gasteiger partial charge in [0.15, 0.2) is 6.29 Å². The fraction of sp³-hybridized carbons (Fsp3) is 1.00. The summed E-state index contributed by atoms with van der Waals surface area (Å²) in [7, 11) is 0. The Hall–Kier alpha value is -0.160. The average molecular weight is 243 g/mol. The van der Waals surface area contributed by atoms with E-state index in [1.54, 1.807) is 0 Å². The fourth-order valence-electron chi connectivity index (χ4n) is 2.65.